The normalized spacial score (nSPS) is 16.1. The van der Waals surface area contributed by atoms with E-state index >= 15 is 0 Å². The monoisotopic (exact) mass is 292 g/mol. The van der Waals surface area contributed by atoms with Crippen LogP contribution in [0.15, 0.2) is 29.2 Å². The van der Waals surface area contributed by atoms with Crippen LogP contribution in [0.25, 0.3) is 0 Å². The number of hydrogen-bond donors (Lipinski definition) is 0. The minimum atomic E-state index is -3.47. The minimum absolute atomic E-state index is 0.275. The molecular formula is C13H16N4O2S. The lowest BCUT2D eigenvalue weighted by Crippen LogP contribution is -2.38. The summed E-state index contributed by atoms with van der Waals surface area (Å²) in [5.74, 6) is 1.53. The summed E-state index contributed by atoms with van der Waals surface area (Å²) < 4.78 is 28.7. The Morgan fingerprint density at radius 2 is 1.95 bits per heavy atom. The molecule has 0 aliphatic carbocycles. The maximum atomic E-state index is 12.6. The Labute approximate surface area is 118 Å². The molecule has 0 saturated carbocycles. The third-order valence-corrected chi connectivity index (χ3v) is 5.37. The first-order valence-corrected chi connectivity index (χ1v) is 7.88. The zero-order chi connectivity index (χ0) is 14.3. The summed E-state index contributed by atoms with van der Waals surface area (Å²) >= 11 is 0. The molecule has 1 aromatic carbocycles. The molecule has 0 radical (unpaired) electrons. The fourth-order valence-corrected chi connectivity index (χ4v) is 3.90. The number of fused-ring (bicyclic) bond motifs is 1. The van der Waals surface area contributed by atoms with Gasteiger partial charge in [-0.2, -0.15) is 4.31 Å². The van der Waals surface area contributed by atoms with E-state index in [9.17, 15) is 8.42 Å². The van der Waals surface area contributed by atoms with Gasteiger partial charge in [0.25, 0.3) is 0 Å². The number of aromatic nitrogens is 3. The van der Waals surface area contributed by atoms with Gasteiger partial charge in [-0.3, -0.25) is 0 Å². The predicted octanol–water partition coefficient (Wildman–Crippen LogP) is 1.10. The number of hydrogen-bond acceptors (Lipinski definition) is 4. The molecule has 0 unspecified atom stereocenters. The van der Waals surface area contributed by atoms with E-state index in [0.717, 1.165) is 11.4 Å². The van der Waals surface area contributed by atoms with Gasteiger partial charge in [0, 0.05) is 13.1 Å². The van der Waals surface area contributed by atoms with E-state index in [1.165, 1.54) is 4.31 Å². The summed E-state index contributed by atoms with van der Waals surface area (Å²) in [6.07, 6.45) is 0. The fourth-order valence-electron chi connectivity index (χ4n) is 2.41. The van der Waals surface area contributed by atoms with Crippen LogP contribution in [-0.2, 0) is 23.1 Å². The van der Waals surface area contributed by atoms with Crippen LogP contribution in [0.2, 0.25) is 0 Å². The second-order valence-electron chi connectivity index (χ2n) is 4.97. The molecule has 1 aliphatic heterocycles. The summed E-state index contributed by atoms with van der Waals surface area (Å²) in [6.45, 7) is 5.08. The second kappa shape index (κ2) is 4.68. The van der Waals surface area contributed by atoms with E-state index in [-0.39, 0.29) is 6.54 Å². The number of benzene rings is 1. The number of aryl methyl sites for hydroxylation is 2. The standard InChI is InChI=1S/C13H16N4O2S/c1-10-4-3-5-12(8-10)20(18,19)16-6-7-17-11(2)14-15-13(17)9-16/h3-5,8H,6-7,9H2,1-2H3. The summed E-state index contributed by atoms with van der Waals surface area (Å²) in [7, 11) is -3.47. The predicted molar refractivity (Wildman–Crippen MR) is 73.5 cm³/mol. The zero-order valence-corrected chi connectivity index (χ0v) is 12.3. The molecule has 3 rings (SSSR count). The van der Waals surface area contributed by atoms with E-state index in [0.29, 0.717) is 23.8 Å². The van der Waals surface area contributed by atoms with Crippen LogP contribution in [0.3, 0.4) is 0 Å². The van der Waals surface area contributed by atoms with Crippen molar-refractivity contribution in [2.75, 3.05) is 6.54 Å². The lowest BCUT2D eigenvalue weighted by molar-refractivity contribution is 0.333. The van der Waals surface area contributed by atoms with Gasteiger partial charge in [0.2, 0.25) is 10.0 Å². The molecule has 0 atom stereocenters. The van der Waals surface area contributed by atoms with Crippen LogP contribution in [0, 0.1) is 13.8 Å². The minimum Gasteiger partial charge on any atom is -0.313 e. The average molecular weight is 292 g/mol. The van der Waals surface area contributed by atoms with Gasteiger partial charge in [-0.1, -0.05) is 12.1 Å². The molecule has 0 bridgehead atoms. The molecule has 0 spiro atoms. The summed E-state index contributed by atoms with van der Waals surface area (Å²) in [5, 5.41) is 8.03. The fraction of sp³-hybridized carbons (Fsp3) is 0.385. The Morgan fingerprint density at radius 3 is 2.70 bits per heavy atom. The summed E-state index contributed by atoms with van der Waals surface area (Å²) in [4.78, 5) is 0.335. The van der Waals surface area contributed by atoms with Crippen molar-refractivity contribution in [2.45, 2.75) is 31.8 Å². The van der Waals surface area contributed by atoms with Crippen molar-refractivity contribution in [3.8, 4) is 0 Å². The molecule has 2 heterocycles. The SMILES string of the molecule is Cc1cccc(S(=O)(=O)N2CCn3c(C)nnc3C2)c1. The largest absolute Gasteiger partial charge is 0.313 e. The first-order valence-electron chi connectivity index (χ1n) is 6.44. The molecule has 1 aromatic heterocycles. The summed E-state index contributed by atoms with van der Waals surface area (Å²) in [6, 6.07) is 6.97. The Balaban J connectivity index is 1.94. The molecule has 0 saturated heterocycles. The molecule has 6 nitrogen and oxygen atoms in total. The van der Waals surface area contributed by atoms with Gasteiger partial charge in [0.05, 0.1) is 11.4 Å². The Bertz CT molecular complexity index is 751. The highest BCUT2D eigenvalue weighted by atomic mass is 32.2. The van der Waals surface area contributed by atoms with Crippen molar-refractivity contribution >= 4 is 10.0 Å². The molecule has 0 amide bonds. The van der Waals surface area contributed by atoms with Crippen LogP contribution in [-0.4, -0.2) is 34.0 Å². The second-order valence-corrected chi connectivity index (χ2v) is 6.91. The van der Waals surface area contributed by atoms with Gasteiger partial charge in [0.15, 0.2) is 0 Å². The van der Waals surface area contributed by atoms with Crippen LogP contribution in [0.5, 0.6) is 0 Å². The van der Waals surface area contributed by atoms with Crippen LogP contribution < -0.4 is 0 Å². The highest BCUT2D eigenvalue weighted by Gasteiger charge is 2.30. The van der Waals surface area contributed by atoms with Crippen molar-refractivity contribution in [3.05, 3.63) is 41.5 Å². The van der Waals surface area contributed by atoms with Crippen LogP contribution in [0.1, 0.15) is 17.2 Å². The lowest BCUT2D eigenvalue weighted by atomic mass is 10.2. The first kappa shape index (κ1) is 13.3. The number of sulfonamides is 1. The van der Waals surface area contributed by atoms with Crippen molar-refractivity contribution in [3.63, 3.8) is 0 Å². The lowest BCUT2D eigenvalue weighted by Gasteiger charge is -2.27. The van der Waals surface area contributed by atoms with Gasteiger partial charge in [-0.05, 0) is 31.5 Å². The number of nitrogens with zero attached hydrogens (tertiary/aromatic N) is 4. The van der Waals surface area contributed by atoms with E-state index in [1.54, 1.807) is 18.2 Å². The molecule has 1 aliphatic rings. The van der Waals surface area contributed by atoms with E-state index in [2.05, 4.69) is 10.2 Å². The van der Waals surface area contributed by atoms with E-state index < -0.39 is 10.0 Å². The Morgan fingerprint density at radius 1 is 1.15 bits per heavy atom. The average Bonchev–Trinajstić information content (AvgIpc) is 2.80. The van der Waals surface area contributed by atoms with Crippen molar-refractivity contribution in [1.82, 2.24) is 19.1 Å². The van der Waals surface area contributed by atoms with E-state index in [1.807, 2.05) is 24.5 Å². The zero-order valence-electron chi connectivity index (χ0n) is 11.4. The van der Waals surface area contributed by atoms with Crippen molar-refractivity contribution in [2.24, 2.45) is 0 Å². The molecule has 106 valence electrons. The quantitative estimate of drug-likeness (QED) is 0.831. The highest BCUT2D eigenvalue weighted by molar-refractivity contribution is 7.89. The van der Waals surface area contributed by atoms with Gasteiger partial charge >= 0.3 is 0 Å². The van der Waals surface area contributed by atoms with Gasteiger partial charge in [-0.15, -0.1) is 10.2 Å². The van der Waals surface area contributed by atoms with Crippen molar-refractivity contribution in [1.29, 1.82) is 0 Å². The van der Waals surface area contributed by atoms with Gasteiger partial charge in [-0.25, -0.2) is 8.42 Å². The topological polar surface area (TPSA) is 68.1 Å². The third kappa shape index (κ3) is 2.12. The molecule has 0 fully saturated rings. The molecule has 0 N–H and O–H groups in total. The molecular weight excluding hydrogens is 276 g/mol. The summed E-state index contributed by atoms with van der Waals surface area (Å²) in [5.41, 5.74) is 0.932. The van der Waals surface area contributed by atoms with Gasteiger partial charge in [0.1, 0.15) is 11.6 Å². The third-order valence-electron chi connectivity index (χ3n) is 3.53. The maximum Gasteiger partial charge on any atom is 0.243 e. The van der Waals surface area contributed by atoms with Crippen LogP contribution in [0.4, 0.5) is 0 Å². The van der Waals surface area contributed by atoms with Gasteiger partial charge < -0.3 is 4.57 Å². The molecule has 20 heavy (non-hydrogen) atoms. The Hall–Kier alpha value is -1.73. The maximum absolute atomic E-state index is 12.6. The first-order chi connectivity index (χ1) is 9.48. The molecule has 7 heteroatoms. The molecule has 2 aromatic rings. The van der Waals surface area contributed by atoms with Crippen molar-refractivity contribution < 1.29 is 8.42 Å². The van der Waals surface area contributed by atoms with E-state index in [4.69, 9.17) is 0 Å². The smallest absolute Gasteiger partial charge is 0.243 e. The number of rotatable bonds is 2. The van der Waals surface area contributed by atoms with Crippen LogP contribution >= 0.6 is 0 Å². The highest BCUT2D eigenvalue weighted by Crippen LogP contribution is 2.21. The Kier molecular flexibility index (Phi) is 3.10.